The average molecular weight is 493 g/mol. The molecule has 0 saturated heterocycles. The summed E-state index contributed by atoms with van der Waals surface area (Å²) in [6, 6.07) is 40.7. The van der Waals surface area contributed by atoms with Crippen LogP contribution >= 0.6 is 6.89 Å². The van der Waals surface area contributed by atoms with Crippen molar-refractivity contribution in [3.05, 3.63) is 151 Å². The number of carbonyl (C=O) groups excluding carboxylic acids is 1. The second kappa shape index (κ2) is 10.3. The lowest BCUT2D eigenvalue weighted by Gasteiger charge is -2.28. The molecule has 0 saturated carbocycles. The van der Waals surface area contributed by atoms with Crippen LogP contribution in [-0.4, -0.2) is 11.6 Å². The number of carbonyl (C=O) groups is 1. The quantitative estimate of drug-likeness (QED) is 0.193. The summed E-state index contributed by atoms with van der Waals surface area (Å²) in [5, 5.41) is 3.25. The molecule has 5 aromatic rings. The Morgan fingerprint density at radius 2 is 1.06 bits per heavy atom. The molecular weight excluding hydrogens is 469 g/mol. The molecule has 0 spiro atoms. The fraction of sp³-hybridized carbons (Fsp3) is 0. The molecule has 0 aliphatic heterocycles. The van der Waals surface area contributed by atoms with E-state index in [0.717, 1.165) is 22.0 Å². The Labute approximate surface area is 209 Å². The monoisotopic (exact) mass is 492 g/mol. The van der Waals surface area contributed by atoms with Gasteiger partial charge in [0.25, 0.3) is 0 Å². The van der Waals surface area contributed by atoms with Gasteiger partial charge < -0.3 is 0 Å². The van der Waals surface area contributed by atoms with Crippen LogP contribution < -0.4 is 15.9 Å². The van der Waals surface area contributed by atoms with E-state index in [4.69, 9.17) is 0 Å². The van der Waals surface area contributed by atoms with E-state index >= 15 is 0 Å². The van der Waals surface area contributed by atoms with E-state index in [9.17, 15) is 13.6 Å². The first-order chi connectivity index (χ1) is 17.6. The lowest BCUT2D eigenvalue weighted by Crippen LogP contribution is -2.28. The Hall–Kier alpha value is -4.07. The third-order valence-corrected chi connectivity index (χ3v) is 10.2. The summed E-state index contributed by atoms with van der Waals surface area (Å²) in [6.07, 6.45) is 0. The highest BCUT2D eigenvalue weighted by molar-refractivity contribution is 7.95. The van der Waals surface area contributed by atoms with Gasteiger partial charge in [-0.25, -0.2) is 8.78 Å². The van der Waals surface area contributed by atoms with Crippen LogP contribution in [0.5, 0.6) is 0 Å². The Bertz CT molecular complexity index is 1440. The van der Waals surface area contributed by atoms with Crippen molar-refractivity contribution in [1.29, 1.82) is 0 Å². The van der Waals surface area contributed by atoms with Crippen molar-refractivity contribution < 1.29 is 13.6 Å². The third kappa shape index (κ3) is 4.58. The molecule has 0 aliphatic carbocycles. The Balaban J connectivity index is 1.67. The van der Waals surface area contributed by atoms with Gasteiger partial charge in [0, 0.05) is 17.2 Å². The number of halogens is 2. The Kier molecular flexibility index (Phi) is 6.75. The van der Waals surface area contributed by atoms with Crippen LogP contribution in [0, 0.1) is 11.6 Å². The molecule has 0 aromatic heterocycles. The van der Waals surface area contributed by atoms with Crippen molar-refractivity contribution in [2.75, 3.05) is 0 Å². The van der Waals surface area contributed by atoms with Gasteiger partial charge in [-0.2, -0.15) is 0 Å². The lowest BCUT2D eigenvalue weighted by atomic mass is 10.0. The highest BCUT2D eigenvalue weighted by atomic mass is 31.2. The maximum absolute atomic E-state index is 14.3. The molecule has 0 N–H and O–H groups in total. The summed E-state index contributed by atoms with van der Waals surface area (Å²) < 4.78 is 27.6. The van der Waals surface area contributed by atoms with Crippen molar-refractivity contribution in [3.8, 4) is 11.1 Å². The maximum Gasteiger partial charge on any atom is 0.186 e. The molecule has 0 atom stereocenters. The van der Waals surface area contributed by atoms with Crippen LogP contribution in [0.15, 0.2) is 133 Å². The fourth-order valence-electron chi connectivity index (χ4n) is 4.45. The molecule has 4 heteroatoms. The molecule has 0 unspecified atom stereocenters. The Morgan fingerprint density at radius 1 is 0.583 bits per heavy atom. The summed E-state index contributed by atoms with van der Waals surface area (Å²) in [4.78, 5) is 13.8. The van der Waals surface area contributed by atoms with Crippen LogP contribution in [0.25, 0.3) is 11.1 Å². The average Bonchev–Trinajstić information content (AvgIpc) is 2.93. The highest BCUT2D eigenvalue weighted by Gasteiger charge is 2.26. The molecule has 176 valence electrons. The second-order valence-electron chi connectivity index (χ2n) is 8.42. The lowest BCUT2D eigenvalue weighted by molar-refractivity contribution is 0.107. The van der Waals surface area contributed by atoms with Crippen molar-refractivity contribution >= 4 is 34.4 Å². The number of rotatable bonds is 6. The summed E-state index contributed by atoms with van der Waals surface area (Å²) in [5.74, 6) is 0.509. The first-order valence-electron chi connectivity index (χ1n) is 11.6. The van der Waals surface area contributed by atoms with Crippen molar-refractivity contribution in [2.24, 2.45) is 0 Å². The zero-order valence-corrected chi connectivity index (χ0v) is 20.3. The van der Waals surface area contributed by atoms with E-state index in [-0.39, 0.29) is 5.78 Å². The fourth-order valence-corrected chi connectivity index (χ4v) is 8.22. The van der Waals surface area contributed by atoms with Crippen molar-refractivity contribution in [3.63, 3.8) is 0 Å². The van der Waals surface area contributed by atoms with Gasteiger partial charge in [-0.1, -0.05) is 115 Å². The van der Waals surface area contributed by atoms with Gasteiger partial charge in [0.2, 0.25) is 0 Å². The van der Waals surface area contributed by atoms with E-state index in [2.05, 4.69) is 36.4 Å². The number of hydrogen-bond acceptors (Lipinski definition) is 1. The zero-order valence-electron chi connectivity index (χ0n) is 19.4. The molecule has 0 radical (unpaired) electrons. The first-order valence-corrected chi connectivity index (χ1v) is 13.4. The number of Topliss-reactive ketones (excluding diaryl/α,β-unsaturated/α-hetero) is 1. The number of ketones is 1. The van der Waals surface area contributed by atoms with Gasteiger partial charge in [0.05, 0.1) is 0 Å². The maximum atomic E-state index is 14.3. The molecule has 1 nitrogen and oxygen atoms in total. The summed E-state index contributed by atoms with van der Waals surface area (Å²) in [7, 11) is 0. The first kappa shape index (κ1) is 23.7. The van der Waals surface area contributed by atoms with E-state index in [1.807, 2.05) is 60.4 Å². The summed E-state index contributed by atoms with van der Waals surface area (Å²) >= 11 is 0. The number of hydrogen-bond donors (Lipinski definition) is 0. The normalized spacial score (nSPS) is 11.2. The van der Waals surface area contributed by atoms with Crippen LogP contribution in [0.1, 0.15) is 10.4 Å². The molecule has 5 aromatic carbocycles. The molecule has 0 fully saturated rings. The van der Waals surface area contributed by atoms with Gasteiger partial charge >= 0.3 is 0 Å². The molecule has 0 aliphatic rings. The van der Waals surface area contributed by atoms with Crippen LogP contribution in [0.3, 0.4) is 0 Å². The van der Waals surface area contributed by atoms with Gasteiger partial charge in [-0.05, 0) is 46.3 Å². The van der Waals surface area contributed by atoms with E-state index in [1.165, 1.54) is 12.1 Å². The van der Waals surface area contributed by atoms with Crippen LogP contribution in [0.4, 0.5) is 8.78 Å². The number of benzene rings is 5. The zero-order chi connectivity index (χ0) is 25.0. The smallest absolute Gasteiger partial charge is 0.186 e. The molecule has 0 amide bonds. The predicted octanol–water partition coefficient (Wildman–Crippen LogP) is 6.61. The van der Waals surface area contributed by atoms with Crippen LogP contribution in [0.2, 0.25) is 0 Å². The van der Waals surface area contributed by atoms with E-state index < -0.39 is 18.5 Å². The molecular formula is C32H23F2OP. The highest BCUT2D eigenvalue weighted by Crippen LogP contribution is 2.43. The van der Waals surface area contributed by atoms with Crippen LogP contribution in [-0.2, 0) is 0 Å². The largest absolute Gasteiger partial charge is 0.289 e. The van der Waals surface area contributed by atoms with Gasteiger partial charge in [-0.15, -0.1) is 0 Å². The molecule has 5 rings (SSSR count). The minimum Gasteiger partial charge on any atom is -0.289 e. The van der Waals surface area contributed by atoms with Crippen molar-refractivity contribution in [1.82, 2.24) is 0 Å². The summed E-state index contributed by atoms with van der Waals surface area (Å²) in [6.45, 7) is -2.43. The Morgan fingerprint density at radius 3 is 1.50 bits per heavy atom. The molecule has 0 bridgehead atoms. The minimum absolute atomic E-state index is 0.106. The van der Waals surface area contributed by atoms with Gasteiger partial charge in [0.1, 0.15) is 11.6 Å². The van der Waals surface area contributed by atoms with E-state index in [0.29, 0.717) is 16.7 Å². The van der Waals surface area contributed by atoms with Crippen molar-refractivity contribution in [2.45, 2.75) is 0 Å². The third-order valence-electron chi connectivity index (χ3n) is 6.21. The molecule has 36 heavy (non-hydrogen) atoms. The second-order valence-corrected chi connectivity index (χ2v) is 11.7. The minimum atomic E-state index is -2.43. The molecule has 0 heterocycles. The standard InChI is InChI=1S/C32H23F2OP/c33-26-20-21-30(31(34)22-26)24-16-18-25(19-17-24)32(35)23-36(27-10-4-1-5-11-27,28-12-6-2-7-13-28)29-14-8-3-9-15-29/h1-23H. The topological polar surface area (TPSA) is 17.1 Å². The SMILES string of the molecule is O=C(C=P(c1ccccc1)(c1ccccc1)c1ccccc1)c1ccc(-c2ccc(F)cc2F)cc1. The summed E-state index contributed by atoms with van der Waals surface area (Å²) in [5.41, 5.74) is 1.38. The van der Waals surface area contributed by atoms with Gasteiger partial charge in [0.15, 0.2) is 5.78 Å². The van der Waals surface area contributed by atoms with Gasteiger partial charge in [-0.3, -0.25) is 4.79 Å². The van der Waals surface area contributed by atoms with E-state index in [1.54, 1.807) is 24.3 Å². The predicted molar refractivity (Wildman–Crippen MR) is 147 cm³/mol.